The van der Waals surface area contributed by atoms with Crippen LogP contribution in [0.25, 0.3) is 0 Å². The molecule has 0 saturated heterocycles. The smallest absolute Gasteiger partial charge is 0.0489 e. The molecule has 0 saturated carbocycles. The average molecular weight is 222 g/mol. The molecule has 3 heteroatoms. The first-order chi connectivity index (χ1) is 7.59. The zero-order valence-electron chi connectivity index (χ0n) is 10.4. The van der Waals surface area contributed by atoms with Gasteiger partial charge in [-0.05, 0) is 38.0 Å². The van der Waals surface area contributed by atoms with Crippen molar-refractivity contribution in [2.24, 2.45) is 5.73 Å². The van der Waals surface area contributed by atoms with Crippen molar-refractivity contribution in [1.82, 2.24) is 0 Å². The molecule has 0 aliphatic carbocycles. The molecule has 16 heavy (non-hydrogen) atoms. The quantitative estimate of drug-likeness (QED) is 0.775. The van der Waals surface area contributed by atoms with Crippen LogP contribution in [0.4, 0.5) is 5.69 Å². The summed E-state index contributed by atoms with van der Waals surface area (Å²) in [4.78, 5) is 0. The second kappa shape index (κ2) is 5.87. The van der Waals surface area contributed by atoms with Crippen LogP contribution < -0.4 is 11.1 Å². The van der Waals surface area contributed by atoms with Gasteiger partial charge >= 0.3 is 0 Å². The monoisotopic (exact) mass is 222 g/mol. The van der Waals surface area contributed by atoms with E-state index < -0.39 is 0 Å². The number of benzene rings is 1. The van der Waals surface area contributed by atoms with Crippen LogP contribution in [0.5, 0.6) is 0 Å². The molecule has 0 radical (unpaired) electrons. The molecule has 1 atom stereocenters. The number of rotatable bonds is 6. The van der Waals surface area contributed by atoms with Gasteiger partial charge in [-0.3, -0.25) is 0 Å². The number of aryl methyl sites for hydroxylation is 1. The van der Waals surface area contributed by atoms with Crippen LogP contribution in [0, 0.1) is 6.92 Å². The second-order valence-electron chi connectivity index (χ2n) is 4.50. The Morgan fingerprint density at radius 2 is 2.19 bits per heavy atom. The van der Waals surface area contributed by atoms with Gasteiger partial charge in [0.25, 0.3) is 0 Å². The van der Waals surface area contributed by atoms with Gasteiger partial charge in [0.1, 0.15) is 0 Å². The fraction of sp³-hybridized carbons (Fsp3) is 0.538. The molecular formula is C13H22N2O. The van der Waals surface area contributed by atoms with E-state index in [-0.39, 0.29) is 5.54 Å². The summed E-state index contributed by atoms with van der Waals surface area (Å²) >= 11 is 0. The summed E-state index contributed by atoms with van der Waals surface area (Å²) in [6.07, 6.45) is 0.897. The molecule has 0 amide bonds. The van der Waals surface area contributed by atoms with Gasteiger partial charge in [-0.2, -0.15) is 0 Å². The van der Waals surface area contributed by atoms with Crippen LogP contribution in [0.15, 0.2) is 24.3 Å². The van der Waals surface area contributed by atoms with Gasteiger partial charge in [-0.25, -0.2) is 0 Å². The lowest BCUT2D eigenvalue weighted by Gasteiger charge is -2.30. The van der Waals surface area contributed by atoms with Crippen LogP contribution in [0.2, 0.25) is 0 Å². The number of anilines is 1. The molecule has 0 aliphatic heterocycles. The summed E-state index contributed by atoms with van der Waals surface area (Å²) in [6.45, 7) is 5.51. The maximum atomic E-state index is 5.82. The first-order valence-electron chi connectivity index (χ1n) is 5.63. The number of ether oxygens (including phenoxy) is 1. The number of nitrogens with one attached hydrogen (secondary N) is 1. The first-order valence-corrected chi connectivity index (χ1v) is 5.63. The Balaban J connectivity index is 2.68. The molecule has 1 aromatic carbocycles. The predicted molar refractivity (Wildman–Crippen MR) is 68.8 cm³/mol. The lowest BCUT2D eigenvalue weighted by molar-refractivity contribution is 0.177. The largest absolute Gasteiger partial charge is 0.385 e. The van der Waals surface area contributed by atoms with E-state index in [2.05, 4.69) is 37.4 Å². The molecule has 0 bridgehead atoms. The topological polar surface area (TPSA) is 47.3 Å². The molecule has 0 aliphatic rings. The summed E-state index contributed by atoms with van der Waals surface area (Å²) < 4.78 is 5.11. The van der Waals surface area contributed by atoms with Crippen LogP contribution in [0.3, 0.4) is 0 Å². The minimum atomic E-state index is -0.107. The molecule has 0 aromatic heterocycles. The molecule has 3 nitrogen and oxygen atoms in total. The number of methoxy groups -OCH3 is 1. The third kappa shape index (κ3) is 3.83. The van der Waals surface area contributed by atoms with Crippen molar-refractivity contribution in [3.63, 3.8) is 0 Å². The van der Waals surface area contributed by atoms with E-state index in [1.54, 1.807) is 7.11 Å². The molecular weight excluding hydrogens is 200 g/mol. The fourth-order valence-corrected chi connectivity index (χ4v) is 1.61. The van der Waals surface area contributed by atoms with E-state index >= 15 is 0 Å². The van der Waals surface area contributed by atoms with Gasteiger partial charge in [-0.15, -0.1) is 0 Å². The van der Waals surface area contributed by atoms with E-state index in [9.17, 15) is 0 Å². The zero-order chi connectivity index (χ0) is 12.0. The van der Waals surface area contributed by atoms with Gasteiger partial charge in [0, 0.05) is 31.5 Å². The SMILES string of the molecule is COCCC(C)(CN)Nc1cccc(C)c1. The maximum absolute atomic E-state index is 5.82. The third-order valence-corrected chi connectivity index (χ3v) is 2.77. The molecule has 0 fully saturated rings. The van der Waals surface area contributed by atoms with Gasteiger partial charge < -0.3 is 15.8 Å². The van der Waals surface area contributed by atoms with Crippen molar-refractivity contribution in [3.8, 4) is 0 Å². The van der Waals surface area contributed by atoms with E-state index in [1.165, 1.54) is 5.56 Å². The minimum absolute atomic E-state index is 0.107. The average Bonchev–Trinajstić information content (AvgIpc) is 2.26. The number of hydrogen-bond donors (Lipinski definition) is 2. The normalized spacial score (nSPS) is 14.5. The summed E-state index contributed by atoms with van der Waals surface area (Å²) in [6, 6.07) is 8.32. The van der Waals surface area contributed by atoms with E-state index in [4.69, 9.17) is 10.5 Å². The van der Waals surface area contributed by atoms with E-state index in [1.807, 2.05) is 6.07 Å². The Labute approximate surface area is 98.0 Å². The van der Waals surface area contributed by atoms with E-state index in [0.29, 0.717) is 13.2 Å². The van der Waals surface area contributed by atoms with Gasteiger partial charge in [0.2, 0.25) is 0 Å². The summed E-state index contributed by atoms with van der Waals surface area (Å²) in [5, 5.41) is 3.48. The van der Waals surface area contributed by atoms with Gasteiger partial charge in [0.05, 0.1) is 0 Å². The van der Waals surface area contributed by atoms with Crippen molar-refractivity contribution in [2.45, 2.75) is 25.8 Å². The lowest BCUT2D eigenvalue weighted by Crippen LogP contribution is -2.43. The Bertz CT molecular complexity index is 327. The molecule has 0 heterocycles. The van der Waals surface area contributed by atoms with Crippen LogP contribution in [-0.2, 0) is 4.74 Å². The summed E-state index contributed by atoms with van der Waals surface area (Å²) in [5.74, 6) is 0. The standard InChI is InChI=1S/C13H22N2O/c1-11-5-4-6-12(9-11)15-13(2,10-14)7-8-16-3/h4-6,9,15H,7-8,10,14H2,1-3H3. The molecule has 1 unspecified atom stereocenters. The van der Waals surface area contributed by atoms with Crippen molar-refractivity contribution < 1.29 is 4.74 Å². The maximum Gasteiger partial charge on any atom is 0.0489 e. The highest BCUT2D eigenvalue weighted by molar-refractivity contribution is 5.47. The van der Waals surface area contributed by atoms with Crippen molar-refractivity contribution >= 4 is 5.69 Å². The number of hydrogen-bond acceptors (Lipinski definition) is 3. The Morgan fingerprint density at radius 1 is 1.44 bits per heavy atom. The highest BCUT2D eigenvalue weighted by Crippen LogP contribution is 2.18. The molecule has 90 valence electrons. The molecule has 1 rings (SSSR count). The zero-order valence-corrected chi connectivity index (χ0v) is 10.4. The van der Waals surface area contributed by atoms with Gasteiger partial charge in [-0.1, -0.05) is 12.1 Å². The highest BCUT2D eigenvalue weighted by Gasteiger charge is 2.21. The number of nitrogens with two attached hydrogens (primary N) is 1. The Morgan fingerprint density at radius 3 is 2.75 bits per heavy atom. The molecule has 1 aromatic rings. The van der Waals surface area contributed by atoms with Crippen molar-refractivity contribution in [2.75, 3.05) is 25.6 Å². The minimum Gasteiger partial charge on any atom is -0.385 e. The van der Waals surface area contributed by atoms with Crippen LogP contribution in [-0.4, -0.2) is 25.8 Å². The third-order valence-electron chi connectivity index (χ3n) is 2.77. The lowest BCUT2D eigenvalue weighted by atomic mass is 9.98. The summed E-state index contributed by atoms with van der Waals surface area (Å²) in [7, 11) is 1.71. The first kappa shape index (κ1) is 13.0. The van der Waals surface area contributed by atoms with Crippen molar-refractivity contribution in [3.05, 3.63) is 29.8 Å². The van der Waals surface area contributed by atoms with E-state index in [0.717, 1.165) is 12.1 Å². The molecule has 0 spiro atoms. The van der Waals surface area contributed by atoms with Crippen LogP contribution >= 0.6 is 0 Å². The molecule has 3 N–H and O–H groups in total. The summed E-state index contributed by atoms with van der Waals surface area (Å²) in [5.41, 5.74) is 8.07. The Hall–Kier alpha value is -1.06. The van der Waals surface area contributed by atoms with Crippen LogP contribution in [0.1, 0.15) is 18.9 Å². The fourth-order valence-electron chi connectivity index (χ4n) is 1.61. The second-order valence-corrected chi connectivity index (χ2v) is 4.50. The van der Waals surface area contributed by atoms with Gasteiger partial charge in [0.15, 0.2) is 0 Å². The van der Waals surface area contributed by atoms with Crippen molar-refractivity contribution in [1.29, 1.82) is 0 Å². The Kier molecular flexibility index (Phi) is 4.77. The predicted octanol–water partition coefficient (Wildman–Crippen LogP) is 2.16. The highest BCUT2D eigenvalue weighted by atomic mass is 16.5.